The maximum absolute atomic E-state index is 12.7. The van der Waals surface area contributed by atoms with Crippen molar-refractivity contribution in [1.29, 1.82) is 0 Å². The number of anilines is 1. The molecule has 0 aliphatic carbocycles. The van der Waals surface area contributed by atoms with Gasteiger partial charge in [0, 0.05) is 37.7 Å². The van der Waals surface area contributed by atoms with Gasteiger partial charge < -0.3 is 19.0 Å². The summed E-state index contributed by atoms with van der Waals surface area (Å²) in [7, 11) is 0. The van der Waals surface area contributed by atoms with Crippen LogP contribution in [0, 0.1) is 0 Å². The van der Waals surface area contributed by atoms with Crippen molar-refractivity contribution < 1.29 is 13.9 Å². The second-order valence-corrected chi connectivity index (χ2v) is 7.72. The highest BCUT2D eigenvalue weighted by Crippen LogP contribution is 2.38. The van der Waals surface area contributed by atoms with Gasteiger partial charge >= 0.3 is 0 Å². The van der Waals surface area contributed by atoms with Crippen LogP contribution in [0.25, 0.3) is 0 Å². The third-order valence-corrected chi connectivity index (χ3v) is 5.95. The highest BCUT2D eigenvalue weighted by atomic mass is 16.5. The number of ether oxygens (including phenoxy) is 1. The number of nitrogens with zero attached hydrogens (tertiary/aromatic N) is 4. The summed E-state index contributed by atoms with van der Waals surface area (Å²) >= 11 is 0. The van der Waals surface area contributed by atoms with Crippen molar-refractivity contribution in [2.75, 3.05) is 37.6 Å². The average Bonchev–Trinajstić information content (AvgIpc) is 3.31. The van der Waals surface area contributed by atoms with Gasteiger partial charge in [-0.25, -0.2) is 0 Å². The molecule has 5 rings (SSSR count). The predicted molar refractivity (Wildman–Crippen MR) is 99.0 cm³/mol. The monoisotopic (exact) mass is 368 g/mol. The van der Waals surface area contributed by atoms with Crippen LogP contribution >= 0.6 is 0 Å². The molecule has 142 valence electrons. The van der Waals surface area contributed by atoms with E-state index in [1.807, 2.05) is 41.6 Å². The van der Waals surface area contributed by atoms with Gasteiger partial charge in [0.15, 0.2) is 0 Å². The lowest BCUT2D eigenvalue weighted by molar-refractivity contribution is -0.149. The summed E-state index contributed by atoms with van der Waals surface area (Å²) in [6, 6.07) is 7.92. The van der Waals surface area contributed by atoms with Gasteiger partial charge in [0.05, 0.1) is 31.5 Å². The summed E-state index contributed by atoms with van der Waals surface area (Å²) in [6.45, 7) is 4.41. The summed E-state index contributed by atoms with van der Waals surface area (Å²) in [4.78, 5) is 23.2. The lowest BCUT2D eigenvalue weighted by Crippen LogP contribution is -2.53. The van der Waals surface area contributed by atoms with Gasteiger partial charge in [0.1, 0.15) is 12.0 Å². The van der Waals surface area contributed by atoms with Crippen LogP contribution in [0.4, 0.5) is 5.69 Å². The minimum Gasteiger partial charge on any atom is -0.468 e. The quantitative estimate of drug-likeness (QED) is 0.822. The van der Waals surface area contributed by atoms with Crippen LogP contribution in [0.3, 0.4) is 0 Å². The topological polar surface area (TPSA) is 62.1 Å². The van der Waals surface area contributed by atoms with E-state index in [0.717, 1.165) is 44.8 Å². The van der Waals surface area contributed by atoms with E-state index >= 15 is 0 Å². The summed E-state index contributed by atoms with van der Waals surface area (Å²) in [5, 5.41) is 0. The number of piperazine rings is 1. The Kier molecular flexibility index (Phi) is 4.13. The lowest BCUT2D eigenvalue weighted by atomic mass is 9.91. The van der Waals surface area contributed by atoms with Crippen LogP contribution in [0.15, 0.2) is 47.3 Å². The number of aromatic nitrogens is 1. The average molecular weight is 368 g/mol. The van der Waals surface area contributed by atoms with Gasteiger partial charge in [-0.1, -0.05) is 0 Å². The molecule has 0 radical (unpaired) electrons. The number of amides is 1. The smallest absolute Gasteiger partial charge is 0.238 e. The number of pyridine rings is 1. The molecule has 7 nitrogen and oxygen atoms in total. The largest absolute Gasteiger partial charge is 0.468 e. The van der Waals surface area contributed by atoms with Crippen LogP contribution in [0.5, 0.6) is 0 Å². The molecule has 7 heteroatoms. The highest BCUT2D eigenvalue weighted by molar-refractivity contribution is 5.79. The van der Waals surface area contributed by atoms with Gasteiger partial charge in [0.25, 0.3) is 0 Å². The number of carbonyl (C=O) groups excluding carboxylic acids is 1. The molecule has 0 N–H and O–H groups in total. The van der Waals surface area contributed by atoms with Gasteiger partial charge in [-0.3, -0.25) is 14.7 Å². The molecule has 2 aromatic heterocycles. The van der Waals surface area contributed by atoms with Crippen LogP contribution in [-0.4, -0.2) is 65.2 Å². The van der Waals surface area contributed by atoms with Crippen LogP contribution < -0.4 is 4.90 Å². The first-order valence-corrected chi connectivity index (χ1v) is 9.58. The number of piperidine rings is 1. The number of rotatable bonds is 3. The van der Waals surface area contributed by atoms with Crippen molar-refractivity contribution in [3.05, 3.63) is 48.7 Å². The molecule has 3 aliphatic heterocycles. The number of hydrogen-bond acceptors (Lipinski definition) is 6. The van der Waals surface area contributed by atoms with E-state index in [9.17, 15) is 4.79 Å². The Labute approximate surface area is 158 Å². The van der Waals surface area contributed by atoms with Crippen LogP contribution in [0.2, 0.25) is 0 Å². The Bertz CT molecular complexity index is 787. The fourth-order valence-corrected chi connectivity index (χ4v) is 4.50. The standard InChI is InChI=1S/C20H24N4O3/c25-18-13-22(12-17-2-1-11-26-17)14-19-24(18)15-20(27-19)5-9-23(10-6-20)16-3-7-21-8-4-16/h1-4,7-8,11,19H,5-6,9-10,12-15H2. The molecular weight excluding hydrogens is 344 g/mol. The number of carbonyl (C=O) groups is 1. The van der Waals surface area contributed by atoms with Gasteiger partial charge in [-0.15, -0.1) is 0 Å². The zero-order valence-electron chi connectivity index (χ0n) is 15.3. The molecule has 5 heterocycles. The SMILES string of the molecule is O=C1CN(Cc2ccco2)CC2OC3(CCN(c4ccncc4)CC3)CN12. The molecule has 1 atom stereocenters. The molecule has 0 bridgehead atoms. The van der Waals surface area contributed by atoms with Gasteiger partial charge in [0.2, 0.25) is 5.91 Å². The summed E-state index contributed by atoms with van der Waals surface area (Å²) in [6.07, 6.45) is 7.07. The molecule has 3 saturated heterocycles. The number of furan rings is 1. The minimum atomic E-state index is -0.204. The molecule has 1 amide bonds. The van der Waals surface area contributed by atoms with E-state index in [1.54, 1.807) is 6.26 Å². The van der Waals surface area contributed by atoms with E-state index in [1.165, 1.54) is 5.69 Å². The predicted octanol–water partition coefficient (Wildman–Crippen LogP) is 1.71. The molecular formula is C20H24N4O3. The highest BCUT2D eigenvalue weighted by Gasteiger charge is 2.50. The van der Waals surface area contributed by atoms with Gasteiger partial charge in [-0.2, -0.15) is 0 Å². The van der Waals surface area contributed by atoms with E-state index in [4.69, 9.17) is 9.15 Å². The van der Waals surface area contributed by atoms with Gasteiger partial charge in [-0.05, 0) is 37.1 Å². The van der Waals surface area contributed by atoms with Crippen LogP contribution in [-0.2, 0) is 16.1 Å². The zero-order valence-corrected chi connectivity index (χ0v) is 15.3. The Morgan fingerprint density at radius 2 is 2.00 bits per heavy atom. The molecule has 3 fully saturated rings. The first kappa shape index (κ1) is 16.8. The molecule has 0 aromatic carbocycles. The van der Waals surface area contributed by atoms with Crippen molar-refractivity contribution in [3.63, 3.8) is 0 Å². The summed E-state index contributed by atoms with van der Waals surface area (Å²) < 4.78 is 11.9. The zero-order chi connectivity index (χ0) is 18.3. The second-order valence-electron chi connectivity index (χ2n) is 7.72. The third kappa shape index (κ3) is 3.21. The van der Waals surface area contributed by atoms with E-state index in [-0.39, 0.29) is 17.7 Å². The van der Waals surface area contributed by atoms with Crippen molar-refractivity contribution in [1.82, 2.24) is 14.8 Å². The lowest BCUT2D eigenvalue weighted by Gasteiger charge is -2.39. The van der Waals surface area contributed by atoms with Crippen molar-refractivity contribution >= 4 is 11.6 Å². The molecule has 1 unspecified atom stereocenters. The first-order chi connectivity index (χ1) is 13.2. The molecule has 0 saturated carbocycles. The maximum atomic E-state index is 12.7. The van der Waals surface area contributed by atoms with E-state index in [2.05, 4.69) is 14.8 Å². The Morgan fingerprint density at radius 1 is 1.19 bits per heavy atom. The molecule has 27 heavy (non-hydrogen) atoms. The van der Waals surface area contributed by atoms with E-state index < -0.39 is 0 Å². The summed E-state index contributed by atoms with van der Waals surface area (Å²) in [5.74, 6) is 1.04. The van der Waals surface area contributed by atoms with Crippen molar-refractivity contribution in [2.45, 2.75) is 31.2 Å². The first-order valence-electron chi connectivity index (χ1n) is 9.58. The third-order valence-electron chi connectivity index (χ3n) is 5.95. The van der Waals surface area contributed by atoms with Crippen molar-refractivity contribution in [2.24, 2.45) is 0 Å². The summed E-state index contributed by atoms with van der Waals surface area (Å²) in [5.41, 5.74) is 1.00. The fourth-order valence-electron chi connectivity index (χ4n) is 4.50. The number of hydrogen-bond donors (Lipinski definition) is 0. The Balaban J connectivity index is 1.24. The normalized spacial score (nSPS) is 25.2. The minimum absolute atomic E-state index is 0.145. The Hall–Kier alpha value is -2.38. The number of fused-ring (bicyclic) bond motifs is 1. The maximum Gasteiger partial charge on any atom is 0.238 e. The van der Waals surface area contributed by atoms with E-state index in [0.29, 0.717) is 13.1 Å². The molecule has 1 spiro atoms. The Morgan fingerprint density at radius 3 is 2.74 bits per heavy atom. The fraction of sp³-hybridized carbons (Fsp3) is 0.500. The second kappa shape index (κ2) is 6.65. The van der Waals surface area contributed by atoms with Crippen molar-refractivity contribution in [3.8, 4) is 0 Å². The molecule has 3 aliphatic rings. The van der Waals surface area contributed by atoms with Crippen LogP contribution in [0.1, 0.15) is 18.6 Å². The molecule has 2 aromatic rings.